The third kappa shape index (κ3) is 1.93. The number of ketones is 1. The Bertz CT molecular complexity index is 528. The predicted octanol–water partition coefficient (Wildman–Crippen LogP) is 1.48. The number of aldehydes is 1. The Morgan fingerprint density at radius 1 is 1.56 bits per heavy atom. The Morgan fingerprint density at radius 2 is 2.19 bits per heavy atom. The number of Topliss-reactive ketones (excluding diaryl/α,β-unsaturated/α-hetero) is 1. The molecule has 0 fully saturated rings. The fraction of sp³-hybridized carbons (Fsp3) is 0.100. The van der Waals surface area contributed by atoms with Crippen LogP contribution in [0.15, 0.2) is 12.1 Å². The van der Waals surface area contributed by atoms with E-state index in [0.29, 0.717) is 0 Å². The van der Waals surface area contributed by atoms with Crippen molar-refractivity contribution in [2.45, 2.75) is 6.92 Å². The standard InChI is InChI=1S/C10H6N2O4/c1-6(14)9-2-8(5-13)10(12(15)16)3-7(9)4-11/h2-3,5H,1H3. The van der Waals surface area contributed by atoms with E-state index in [0.717, 1.165) is 12.1 Å². The van der Waals surface area contributed by atoms with Crippen LogP contribution in [0.2, 0.25) is 0 Å². The Hall–Kier alpha value is -2.55. The van der Waals surface area contributed by atoms with Crippen molar-refractivity contribution >= 4 is 17.8 Å². The molecule has 0 aromatic heterocycles. The first-order valence-corrected chi connectivity index (χ1v) is 4.20. The number of carbonyl (C=O) groups is 2. The first-order valence-electron chi connectivity index (χ1n) is 4.20. The molecule has 1 aromatic rings. The van der Waals surface area contributed by atoms with Gasteiger partial charge >= 0.3 is 0 Å². The number of nitriles is 1. The van der Waals surface area contributed by atoms with Gasteiger partial charge in [-0.05, 0) is 13.0 Å². The number of carbonyl (C=O) groups excluding carboxylic acids is 2. The lowest BCUT2D eigenvalue weighted by atomic mass is 10.0. The second-order valence-electron chi connectivity index (χ2n) is 3.00. The van der Waals surface area contributed by atoms with Crippen LogP contribution in [0, 0.1) is 21.4 Å². The Kier molecular flexibility index (Phi) is 3.11. The number of nitro benzene ring substituents is 1. The second kappa shape index (κ2) is 4.31. The molecule has 6 heteroatoms. The average molecular weight is 218 g/mol. The summed E-state index contributed by atoms with van der Waals surface area (Å²) < 4.78 is 0. The average Bonchev–Trinajstić information content (AvgIpc) is 2.26. The number of hydrogen-bond donors (Lipinski definition) is 0. The number of nitrogens with zero attached hydrogens (tertiary/aromatic N) is 2. The second-order valence-corrected chi connectivity index (χ2v) is 3.00. The molecule has 0 saturated heterocycles. The maximum absolute atomic E-state index is 11.1. The van der Waals surface area contributed by atoms with Gasteiger partial charge in [0, 0.05) is 11.6 Å². The first-order chi connectivity index (χ1) is 7.51. The third-order valence-corrected chi connectivity index (χ3v) is 1.99. The molecule has 80 valence electrons. The van der Waals surface area contributed by atoms with Gasteiger partial charge in [0.05, 0.1) is 16.1 Å². The van der Waals surface area contributed by atoms with Crippen LogP contribution in [0.5, 0.6) is 0 Å². The van der Waals surface area contributed by atoms with Crippen molar-refractivity contribution in [1.82, 2.24) is 0 Å². The van der Waals surface area contributed by atoms with E-state index in [1.165, 1.54) is 6.92 Å². The van der Waals surface area contributed by atoms with Crippen LogP contribution < -0.4 is 0 Å². The zero-order valence-electron chi connectivity index (χ0n) is 8.26. The van der Waals surface area contributed by atoms with E-state index in [1.807, 2.05) is 0 Å². The van der Waals surface area contributed by atoms with Crippen molar-refractivity contribution in [2.75, 3.05) is 0 Å². The lowest BCUT2D eigenvalue weighted by Gasteiger charge is -2.01. The van der Waals surface area contributed by atoms with Crippen LogP contribution in [0.25, 0.3) is 0 Å². The minimum Gasteiger partial charge on any atom is -0.298 e. The molecule has 0 spiro atoms. The molecule has 0 aliphatic heterocycles. The van der Waals surface area contributed by atoms with Gasteiger partial charge in [-0.25, -0.2) is 0 Å². The topological polar surface area (TPSA) is 101 Å². The van der Waals surface area contributed by atoms with Gasteiger partial charge in [0.1, 0.15) is 6.07 Å². The lowest BCUT2D eigenvalue weighted by Crippen LogP contribution is -2.02. The summed E-state index contributed by atoms with van der Waals surface area (Å²) in [7, 11) is 0. The Morgan fingerprint density at radius 3 is 2.56 bits per heavy atom. The molecule has 1 aromatic carbocycles. The van der Waals surface area contributed by atoms with Gasteiger partial charge in [0.15, 0.2) is 12.1 Å². The summed E-state index contributed by atoms with van der Waals surface area (Å²) in [5.74, 6) is -0.422. The summed E-state index contributed by atoms with van der Waals surface area (Å²) in [6.07, 6.45) is 0.283. The number of nitro groups is 1. The molecular weight excluding hydrogens is 212 g/mol. The van der Waals surface area contributed by atoms with Crippen LogP contribution in [-0.2, 0) is 0 Å². The number of hydrogen-bond acceptors (Lipinski definition) is 5. The summed E-state index contributed by atoms with van der Waals surface area (Å²) in [5, 5.41) is 19.3. The van der Waals surface area contributed by atoms with E-state index in [1.54, 1.807) is 6.07 Å². The van der Waals surface area contributed by atoms with Crippen molar-refractivity contribution in [3.8, 4) is 6.07 Å². The molecule has 0 unspecified atom stereocenters. The van der Waals surface area contributed by atoms with Gasteiger partial charge in [0.2, 0.25) is 0 Å². The molecule has 0 amide bonds. The SMILES string of the molecule is CC(=O)c1cc(C=O)c([N+](=O)[O-])cc1C#N. The van der Waals surface area contributed by atoms with Crippen LogP contribution in [0.4, 0.5) is 5.69 Å². The van der Waals surface area contributed by atoms with Crippen molar-refractivity contribution in [3.63, 3.8) is 0 Å². The van der Waals surface area contributed by atoms with Gasteiger partial charge < -0.3 is 0 Å². The van der Waals surface area contributed by atoms with E-state index in [-0.39, 0.29) is 23.0 Å². The van der Waals surface area contributed by atoms with E-state index < -0.39 is 16.4 Å². The highest BCUT2D eigenvalue weighted by molar-refractivity contribution is 5.99. The maximum atomic E-state index is 11.1. The summed E-state index contributed by atoms with van der Waals surface area (Å²) >= 11 is 0. The Balaban J connectivity index is 3.60. The smallest absolute Gasteiger partial charge is 0.281 e. The molecular formula is C10H6N2O4. The maximum Gasteiger partial charge on any atom is 0.281 e. The zero-order chi connectivity index (χ0) is 12.3. The molecule has 1 rings (SSSR count). The number of benzene rings is 1. The summed E-state index contributed by atoms with van der Waals surface area (Å²) in [5.41, 5.74) is -0.786. The van der Waals surface area contributed by atoms with Crippen LogP contribution in [0.3, 0.4) is 0 Å². The molecule has 0 bridgehead atoms. The van der Waals surface area contributed by atoms with Crippen molar-refractivity contribution < 1.29 is 14.5 Å². The molecule has 0 aliphatic rings. The highest BCUT2D eigenvalue weighted by Crippen LogP contribution is 2.22. The molecule has 0 heterocycles. The van der Waals surface area contributed by atoms with Gasteiger partial charge in [-0.1, -0.05) is 0 Å². The first kappa shape index (κ1) is 11.5. The molecule has 0 atom stereocenters. The molecule has 0 radical (unpaired) electrons. The molecule has 0 aliphatic carbocycles. The van der Waals surface area contributed by atoms with Crippen LogP contribution in [-0.4, -0.2) is 17.0 Å². The van der Waals surface area contributed by atoms with Crippen molar-refractivity contribution in [1.29, 1.82) is 5.26 Å². The van der Waals surface area contributed by atoms with Gasteiger partial charge in [0.25, 0.3) is 5.69 Å². The highest BCUT2D eigenvalue weighted by Gasteiger charge is 2.19. The van der Waals surface area contributed by atoms with Gasteiger partial charge in [-0.3, -0.25) is 19.7 Å². The predicted molar refractivity (Wildman–Crippen MR) is 53.2 cm³/mol. The van der Waals surface area contributed by atoms with E-state index in [2.05, 4.69) is 0 Å². The van der Waals surface area contributed by atoms with Crippen LogP contribution in [0.1, 0.15) is 33.2 Å². The largest absolute Gasteiger partial charge is 0.298 e. The minimum absolute atomic E-state index is 0.00944. The molecule has 0 saturated carbocycles. The fourth-order valence-electron chi connectivity index (χ4n) is 1.24. The number of rotatable bonds is 3. The quantitative estimate of drug-likeness (QED) is 0.331. The molecule has 16 heavy (non-hydrogen) atoms. The van der Waals surface area contributed by atoms with E-state index in [9.17, 15) is 19.7 Å². The zero-order valence-corrected chi connectivity index (χ0v) is 8.26. The summed E-state index contributed by atoms with van der Waals surface area (Å²) in [4.78, 5) is 31.6. The molecule has 0 N–H and O–H groups in total. The summed E-state index contributed by atoms with van der Waals surface area (Å²) in [6, 6.07) is 3.67. The highest BCUT2D eigenvalue weighted by atomic mass is 16.6. The van der Waals surface area contributed by atoms with Gasteiger partial charge in [-0.15, -0.1) is 0 Å². The monoisotopic (exact) mass is 218 g/mol. The summed E-state index contributed by atoms with van der Waals surface area (Å²) in [6.45, 7) is 1.22. The normalized spacial score (nSPS) is 9.25. The van der Waals surface area contributed by atoms with Crippen LogP contribution >= 0.6 is 0 Å². The lowest BCUT2D eigenvalue weighted by molar-refractivity contribution is -0.385. The van der Waals surface area contributed by atoms with Gasteiger partial charge in [-0.2, -0.15) is 5.26 Å². The molecule has 6 nitrogen and oxygen atoms in total. The Labute approximate surface area is 90.3 Å². The fourth-order valence-corrected chi connectivity index (χ4v) is 1.24. The van der Waals surface area contributed by atoms with Crippen molar-refractivity contribution in [2.24, 2.45) is 0 Å². The minimum atomic E-state index is -0.769. The van der Waals surface area contributed by atoms with E-state index >= 15 is 0 Å². The van der Waals surface area contributed by atoms with Crippen molar-refractivity contribution in [3.05, 3.63) is 38.9 Å². The third-order valence-electron chi connectivity index (χ3n) is 1.99. The van der Waals surface area contributed by atoms with E-state index in [4.69, 9.17) is 5.26 Å².